The Morgan fingerprint density at radius 3 is 2.38 bits per heavy atom. The van der Waals surface area contributed by atoms with Crippen molar-refractivity contribution < 1.29 is 14.2 Å². The minimum absolute atomic E-state index is 0.00803. The molecule has 0 saturated heterocycles. The zero-order valence-electron chi connectivity index (χ0n) is 12.9. The van der Waals surface area contributed by atoms with E-state index in [4.69, 9.17) is 4.74 Å². The highest BCUT2D eigenvalue weighted by atomic mass is 19.1. The summed E-state index contributed by atoms with van der Waals surface area (Å²) >= 11 is 0. The molecule has 0 aromatic heterocycles. The minimum Gasteiger partial charge on any atom is -0.454 e. The molecule has 2 rings (SSSR count). The van der Waals surface area contributed by atoms with Crippen LogP contribution in [0.15, 0.2) is 42.5 Å². The Kier molecular flexibility index (Phi) is 4.33. The van der Waals surface area contributed by atoms with E-state index in [-0.39, 0.29) is 11.2 Å². The molecule has 0 heterocycles. The number of ether oxygens (including phenoxy) is 1. The summed E-state index contributed by atoms with van der Waals surface area (Å²) in [4.78, 5) is 0. The smallest absolute Gasteiger partial charge is 0.166 e. The first kappa shape index (κ1) is 15.5. The zero-order valence-corrected chi connectivity index (χ0v) is 12.9. The Labute approximate surface area is 125 Å². The van der Waals surface area contributed by atoms with E-state index in [0.29, 0.717) is 11.3 Å². The third-order valence-electron chi connectivity index (χ3n) is 3.37. The normalized spacial score (nSPS) is 13.0. The summed E-state index contributed by atoms with van der Waals surface area (Å²) in [5.41, 5.74) is 1.66. The van der Waals surface area contributed by atoms with E-state index in [1.54, 1.807) is 25.1 Å². The van der Waals surface area contributed by atoms with Crippen LogP contribution in [0, 0.1) is 5.82 Å². The van der Waals surface area contributed by atoms with E-state index < -0.39 is 11.9 Å². The first-order valence-electron chi connectivity index (χ1n) is 7.03. The maximum Gasteiger partial charge on any atom is 0.166 e. The number of benzene rings is 2. The average molecular weight is 288 g/mol. The Bertz CT molecular complexity index is 627. The van der Waals surface area contributed by atoms with Crippen LogP contribution in [0.5, 0.6) is 11.5 Å². The fourth-order valence-electron chi connectivity index (χ4n) is 2.01. The van der Waals surface area contributed by atoms with Crippen LogP contribution >= 0.6 is 0 Å². The highest BCUT2D eigenvalue weighted by molar-refractivity contribution is 5.38. The standard InChI is InChI=1S/C18H21FO2/c1-12(20)13-8-9-17(16(19)10-13)21-15-7-5-6-14(11-15)18(2,3)4/h5-12,20H,1-4H3/t12-/m1/s1. The van der Waals surface area contributed by atoms with E-state index in [9.17, 15) is 9.50 Å². The molecule has 3 heteroatoms. The molecule has 2 aromatic carbocycles. The Morgan fingerprint density at radius 2 is 1.81 bits per heavy atom. The van der Waals surface area contributed by atoms with Gasteiger partial charge in [0, 0.05) is 0 Å². The van der Waals surface area contributed by atoms with Crippen molar-refractivity contribution in [2.75, 3.05) is 0 Å². The van der Waals surface area contributed by atoms with Crippen molar-refractivity contribution in [2.45, 2.75) is 39.2 Å². The van der Waals surface area contributed by atoms with Gasteiger partial charge in [0.25, 0.3) is 0 Å². The molecule has 0 radical (unpaired) electrons. The summed E-state index contributed by atoms with van der Waals surface area (Å²) in [6.07, 6.45) is -0.697. The number of aliphatic hydroxyl groups is 1. The molecule has 1 N–H and O–H groups in total. The molecule has 0 bridgehead atoms. The van der Waals surface area contributed by atoms with E-state index >= 15 is 0 Å². The van der Waals surface area contributed by atoms with E-state index in [1.807, 2.05) is 18.2 Å². The van der Waals surface area contributed by atoms with Gasteiger partial charge in [0.15, 0.2) is 11.6 Å². The lowest BCUT2D eigenvalue weighted by atomic mass is 9.87. The van der Waals surface area contributed by atoms with Gasteiger partial charge in [0.2, 0.25) is 0 Å². The summed E-state index contributed by atoms with van der Waals surface area (Å²) in [5.74, 6) is 0.283. The Morgan fingerprint density at radius 1 is 1.10 bits per heavy atom. The van der Waals surface area contributed by atoms with Crippen LogP contribution < -0.4 is 4.74 Å². The van der Waals surface area contributed by atoms with Crippen molar-refractivity contribution in [1.82, 2.24) is 0 Å². The molecule has 1 atom stereocenters. The molecule has 0 aliphatic carbocycles. The Balaban J connectivity index is 2.26. The summed E-state index contributed by atoms with van der Waals surface area (Å²) in [6, 6.07) is 12.2. The Hall–Kier alpha value is -1.87. The second-order valence-corrected chi connectivity index (χ2v) is 6.25. The topological polar surface area (TPSA) is 29.5 Å². The molecule has 0 unspecified atom stereocenters. The minimum atomic E-state index is -0.697. The lowest BCUT2D eigenvalue weighted by molar-refractivity contribution is 0.198. The SMILES string of the molecule is C[C@@H](O)c1ccc(Oc2cccc(C(C)(C)C)c2)c(F)c1. The molecule has 112 valence electrons. The molecule has 0 fully saturated rings. The van der Waals surface area contributed by atoms with Crippen LogP contribution in [0.4, 0.5) is 4.39 Å². The molecule has 0 aliphatic rings. The van der Waals surface area contributed by atoms with Crippen molar-refractivity contribution in [3.05, 3.63) is 59.4 Å². The number of rotatable bonds is 3. The lowest BCUT2D eigenvalue weighted by Gasteiger charge is -2.19. The maximum atomic E-state index is 14.0. The van der Waals surface area contributed by atoms with Gasteiger partial charge < -0.3 is 9.84 Å². The maximum absolute atomic E-state index is 14.0. The second kappa shape index (κ2) is 5.86. The largest absolute Gasteiger partial charge is 0.454 e. The number of aliphatic hydroxyl groups excluding tert-OH is 1. The first-order valence-corrected chi connectivity index (χ1v) is 7.03. The van der Waals surface area contributed by atoms with Gasteiger partial charge in [-0.1, -0.05) is 39.0 Å². The monoisotopic (exact) mass is 288 g/mol. The lowest BCUT2D eigenvalue weighted by Crippen LogP contribution is -2.10. The quantitative estimate of drug-likeness (QED) is 0.864. The molecular weight excluding hydrogens is 267 g/mol. The van der Waals surface area contributed by atoms with Gasteiger partial charge in [-0.15, -0.1) is 0 Å². The zero-order chi connectivity index (χ0) is 15.6. The number of hydrogen-bond acceptors (Lipinski definition) is 2. The van der Waals surface area contributed by atoms with Gasteiger partial charge in [-0.2, -0.15) is 0 Å². The number of hydrogen-bond donors (Lipinski definition) is 1. The molecule has 21 heavy (non-hydrogen) atoms. The molecule has 2 aromatic rings. The van der Waals surface area contributed by atoms with Gasteiger partial charge in [-0.05, 0) is 47.7 Å². The summed E-state index contributed by atoms with van der Waals surface area (Å²) < 4.78 is 19.6. The number of halogens is 1. The van der Waals surface area contributed by atoms with Crippen molar-refractivity contribution in [3.8, 4) is 11.5 Å². The van der Waals surface area contributed by atoms with Crippen molar-refractivity contribution in [1.29, 1.82) is 0 Å². The predicted octanol–water partition coefficient (Wildman–Crippen LogP) is 4.97. The summed E-state index contributed by atoms with van der Waals surface area (Å²) in [7, 11) is 0. The van der Waals surface area contributed by atoms with Gasteiger partial charge in [0.1, 0.15) is 5.75 Å². The van der Waals surface area contributed by atoms with E-state index in [0.717, 1.165) is 5.56 Å². The predicted molar refractivity (Wildman–Crippen MR) is 82.2 cm³/mol. The fraction of sp³-hybridized carbons (Fsp3) is 0.333. The van der Waals surface area contributed by atoms with E-state index in [1.165, 1.54) is 6.07 Å². The van der Waals surface area contributed by atoms with Gasteiger partial charge in [-0.25, -0.2) is 4.39 Å². The van der Waals surface area contributed by atoms with E-state index in [2.05, 4.69) is 20.8 Å². The molecule has 0 saturated carbocycles. The van der Waals surface area contributed by atoms with Gasteiger partial charge in [0.05, 0.1) is 6.10 Å². The van der Waals surface area contributed by atoms with Crippen molar-refractivity contribution >= 4 is 0 Å². The second-order valence-electron chi connectivity index (χ2n) is 6.25. The highest BCUT2D eigenvalue weighted by Crippen LogP contribution is 2.30. The highest BCUT2D eigenvalue weighted by Gasteiger charge is 2.15. The van der Waals surface area contributed by atoms with Crippen LogP contribution in [-0.2, 0) is 5.41 Å². The fourth-order valence-corrected chi connectivity index (χ4v) is 2.01. The average Bonchev–Trinajstić information content (AvgIpc) is 2.40. The summed E-state index contributed by atoms with van der Waals surface area (Å²) in [6.45, 7) is 7.94. The van der Waals surface area contributed by atoms with Crippen LogP contribution in [0.3, 0.4) is 0 Å². The molecule has 2 nitrogen and oxygen atoms in total. The third-order valence-corrected chi connectivity index (χ3v) is 3.37. The first-order chi connectivity index (χ1) is 9.77. The van der Waals surface area contributed by atoms with Crippen LogP contribution in [0.1, 0.15) is 44.9 Å². The van der Waals surface area contributed by atoms with Gasteiger partial charge >= 0.3 is 0 Å². The molecule has 0 amide bonds. The molecule has 0 spiro atoms. The van der Waals surface area contributed by atoms with Crippen LogP contribution in [0.2, 0.25) is 0 Å². The van der Waals surface area contributed by atoms with Crippen molar-refractivity contribution in [3.63, 3.8) is 0 Å². The van der Waals surface area contributed by atoms with Gasteiger partial charge in [-0.3, -0.25) is 0 Å². The van der Waals surface area contributed by atoms with Crippen molar-refractivity contribution in [2.24, 2.45) is 0 Å². The summed E-state index contributed by atoms with van der Waals surface area (Å²) in [5, 5.41) is 9.45. The van der Waals surface area contributed by atoms with Crippen LogP contribution in [0.25, 0.3) is 0 Å². The third kappa shape index (κ3) is 3.82. The van der Waals surface area contributed by atoms with Crippen LogP contribution in [-0.4, -0.2) is 5.11 Å². The molecule has 0 aliphatic heterocycles. The molecular formula is C18H21FO2.